The van der Waals surface area contributed by atoms with Gasteiger partial charge in [-0.3, -0.25) is 9.69 Å². The molecule has 1 saturated heterocycles. The van der Waals surface area contributed by atoms with Crippen LogP contribution in [0.1, 0.15) is 39.0 Å². The van der Waals surface area contributed by atoms with E-state index in [-0.39, 0.29) is 11.9 Å². The zero-order valence-electron chi connectivity index (χ0n) is 10.8. The highest BCUT2D eigenvalue weighted by molar-refractivity contribution is 5.79. The summed E-state index contributed by atoms with van der Waals surface area (Å²) in [5.41, 5.74) is 5.42. The first kappa shape index (κ1) is 12.8. The van der Waals surface area contributed by atoms with Gasteiger partial charge in [0.1, 0.15) is 0 Å². The zero-order valence-corrected chi connectivity index (χ0v) is 10.8. The first-order valence-electron chi connectivity index (χ1n) is 6.97. The SMILES string of the molecule is CCC(C(N)=O)N1CCC(NCC2CC2)CC1. The minimum Gasteiger partial charge on any atom is -0.368 e. The summed E-state index contributed by atoms with van der Waals surface area (Å²) in [4.78, 5) is 13.5. The molecule has 4 nitrogen and oxygen atoms in total. The monoisotopic (exact) mass is 239 g/mol. The van der Waals surface area contributed by atoms with Crippen LogP contribution in [0.2, 0.25) is 0 Å². The van der Waals surface area contributed by atoms with Crippen LogP contribution in [0.5, 0.6) is 0 Å². The lowest BCUT2D eigenvalue weighted by molar-refractivity contribution is -0.123. The Hall–Kier alpha value is -0.610. The largest absolute Gasteiger partial charge is 0.368 e. The molecule has 2 fully saturated rings. The fourth-order valence-electron chi connectivity index (χ4n) is 2.71. The Kier molecular flexibility index (Phi) is 4.40. The van der Waals surface area contributed by atoms with Gasteiger partial charge in [-0.25, -0.2) is 0 Å². The highest BCUT2D eigenvalue weighted by atomic mass is 16.1. The predicted octanol–water partition coefficient (Wildman–Crippen LogP) is 0.714. The standard InChI is InChI=1S/C13H25N3O/c1-2-12(13(14)17)16-7-5-11(6-8-16)15-9-10-3-4-10/h10-12,15H,2-9H2,1H3,(H2,14,17). The third kappa shape index (κ3) is 3.68. The Morgan fingerprint density at radius 2 is 2.00 bits per heavy atom. The summed E-state index contributed by atoms with van der Waals surface area (Å²) in [6.07, 6.45) is 5.94. The van der Waals surface area contributed by atoms with Gasteiger partial charge in [0, 0.05) is 19.1 Å². The molecule has 1 aliphatic heterocycles. The first-order valence-corrected chi connectivity index (χ1v) is 6.97. The van der Waals surface area contributed by atoms with Crippen LogP contribution < -0.4 is 11.1 Å². The molecule has 0 bridgehead atoms. The van der Waals surface area contributed by atoms with Gasteiger partial charge < -0.3 is 11.1 Å². The molecule has 1 heterocycles. The summed E-state index contributed by atoms with van der Waals surface area (Å²) in [6, 6.07) is 0.594. The van der Waals surface area contributed by atoms with Crippen molar-refractivity contribution in [1.82, 2.24) is 10.2 Å². The van der Waals surface area contributed by atoms with Crippen molar-refractivity contribution in [2.24, 2.45) is 11.7 Å². The van der Waals surface area contributed by atoms with Gasteiger partial charge in [0.05, 0.1) is 6.04 Å². The molecule has 2 rings (SSSR count). The van der Waals surface area contributed by atoms with Gasteiger partial charge in [-0.1, -0.05) is 6.92 Å². The van der Waals surface area contributed by atoms with Gasteiger partial charge in [-0.2, -0.15) is 0 Å². The number of carbonyl (C=O) groups excluding carboxylic acids is 1. The maximum atomic E-state index is 11.3. The molecule has 0 aromatic heterocycles. The summed E-state index contributed by atoms with van der Waals surface area (Å²) in [6.45, 7) is 5.23. The van der Waals surface area contributed by atoms with Crippen LogP contribution in [0.25, 0.3) is 0 Å². The van der Waals surface area contributed by atoms with E-state index in [4.69, 9.17) is 5.73 Å². The quantitative estimate of drug-likeness (QED) is 0.718. The van der Waals surface area contributed by atoms with Gasteiger partial charge in [0.2, 0.25) is 5.91 Å². The number of likely N-dealkylation sites (tertiary alicyclic amines) is 1. The molecule has 17 heavy (non-hydrogen) atoms. The third-order valence-corrected chi connectivity index (χ3v) is 4.08. The van der Waals surface area contributed by atoms with Gasteiger partial charge in [0.15, 0.2) is 0 Å². The molecule has 98 valence electrons. The maximum absolute atomic E-state index is 11.3. The molecule has 3 N–H and O–H groups in total. The second-order valence-corrected chi connectivity index (χ2v) is 5.49. The van der Waals surface area contributed by atoms with Crippen molar-refractivity contribution in [2.75, 3.05) is 19.6 Å². The average molecular weight is 239 g/mol. The van der Waals surface area contributed by atoms with Crippen molar-refractivity contribution in [3.8, 4) is 0 Å². The zero-order chi connectivity index (χ0) is 12.3. The van der Waals surface area contributed by atoms with Gasteiger partial charge in [-0.05, 0) is 44.6 Å². The second kappa shape index (κ2) is 5.83. The summed E-state index contributed by atoms with van der Waals surface area (Å²) >= 11 is 0. The fraction of sp³-hybridized carbons (Fsp3) is 0.923. The number of hydrogen-bond acceptors (Lipinski definition) is 3. The van der Waals surface area contributed by atoms with Gasteiger partial charge in [0.25, 0.3) is 0 Å². The smallest absolute Gasteiger partial charge is 0.234 e. The molecule has 2 aliphatic rings. The normalized spacial score (nSPS) is 24.8. The molecule has 1 amide bonds. The van der Waals surface area contributed by atoms with Gasteiger partial charge in [-0.15, -0.1) is 0 Å². The number of piperidine rings is 1. The number of nitrogens with one attached hydrogen (secondary N) is 1. The van der Waals surface area contributed by atoms with E-state index in [1.807, 2.05) is 6.92 Å². The van der Waals surface area contributed by atoms with E-state index >= 15 is 0 Å². The molecule has 1 unspecified atom stereocenters. The predicted molar refractivity (Wildman–Crippen MR) is 68.6 cm³/mol. The van der Waals surface area contributed by atoms with Crippen LogP contribution >= 0.6 is 0 Å². The van der Waals surface area contributed by atoms with E-state index in [1.54, 1.807) is 0 Å². The molecular weight excluding hydrogens is 214 g/mol. The molecule has 4 heteroatoms. The van der Waals surface area contributed by atoms with E-state index in [0.29, 0.717) is 6.04 Å². The lowest BCUT2D eigenvalue weighted by atomic mass is 10.0. The Labute approximate surface area is 104 Å². The van der Waals surface area contributed by atoms with E-state index in [9.17, 15) is 4.79 Å². The van der Waals surface area contributed by atoms with Crippen LogP contribution in [0, 0.1) is 5.92 Å². The van der Waals surface area contributed by atoms with Crippen molar-refractivity contribution in [3.63, 3.8) is 0 Å². The third-order valence-electron chi connectivity index (χ3n) is 4.08. The average Bonchev–Trinajstić information content (AvgIpc) is 3.12. The molecule has 0 spiro atoms. The number of nitrogens with two attached hydrogens (primary N) is 1. The van der Waals surface area contributed by atoms with E-state index in [0.717, 1.165) is 38.3 Å². The Balaban J connectivity index is 1.70. The Morgan fingerprint density at radius 1 is 1.35 bits per heavy atom. The Morgan fingerprint density at radius 3 is 2.47 bits per heavy atom. The summed E-state index contributed by atoms with van der Waals surface area (Å²) in [5, 5.41) is 3.65. The minimum atomic E-state index is -0.170. The van der Waals surface area contributed by atoms with Crippen molar-refractivity contribution in [1.29, 1.82) is 0 Å². The topological polar surface area (TPSA) is 58.4 Å². The highest BCUT2D eigenvalue weighted by Gasteiger charge is 2.28. The van der Waals surface area contributed by atoms with Crippen LogP contribution in [0.15, 0.2) is 0 Å². The number of hydrogen-bond donors (Lipinski definition) is 2. The van der Waals surface area contributed by atoms with Crippen LogP contribution in [-0.4, -0.2) is 42.5 Å². The number of rotatable bonds is 6. The van der Waals surface area contributed by atoms with E-state index < -0.39 is 0 Å². The fourth-order valence-corrected chi connectivity index (χ4v) is 2.71. The lowest BCUT2D eigenvalue weighted by Gasteiger charge is -2.36. The minimum absolute atomic E-state index is 0.0561. The second-order valence-electron chi connectivity index (χ2n) is 5.49. The summed E-state index contributed by atoms with van der Waals surface area (Å²) in [7, 11) is 0. The number of primary amides is 1. The lowest BCUT2D eigenvalue weighted by Crippen LogP contribution is -2.51. The van der Waals surface area contributed by atoms with E-state index in [1.165, 1.54) is 19.4 Å². The van der Waals surface area contributed by atoms with Crippen molar-refractivity contribution < 1.29 is 4.79 Å². The van der Waals surface area contributed by atoms with Gasteiger partial charge >= 0.3 is 0 Å². The molecule has 1 saturated carbocycles. The molecule has 0 aromatic rings. The van der Waals surface area contributed by atoms with Crippen LogP contribution in [0.4, 0.5) is 0 Å². The van der Waals surface area contributed by atoms with Crippen molar-refractivity contribution in [3.05, 3.63) is 0 Å². The van der Waals surface area contributed by atoms with Crippen LogP contribution in [-0.2, 0) is 4.79 Å². The van der Waals surface area contributed by atoms with E-state index in [2.05, 4.69) is 10.2 Å². The number of amides is 1. The van der Waals surface area contributed by atoms with Crippen molar-refractivity contribution in [2.45, 2.75) is 51.1 Å². The number of nitrogens with zero attached hydrogens (tertiary/aromatic N) is 1. The van der Waals surface area contributed by atoms with Crippen molar-refractivity contribution >= 4 is 5.91 Å². The molecular formula is C13H25N3O. The molecule has 1 aliphatic carbocycles. The molecule has 0 radical (unpaired) electrons. The van der Waals surface area contributed by atoms with Crippen LogP contribution in [0.3, 0.4) is 0 Å². The number of carbonyl (C=O) groups is 1. The summed E-state index contributed by atoms with van der Waals surface area (Å²) in [5.74, 6) is 0.777. The Bertz CT molecular complexity index is 257. The summed E-state index contributed by atoms with van der Waals surface area (Å²) < 4.78 is 0. The highest BCUT2D eigenvalue weighted by Crippen LogP contribution is 2.28. The maximum Gasteiger partial charge on any atom is 0.234 e. The molecule has 0 aromatic carbocycles. The molecule has 1 atom stereocenters. The first-order chi connectivity index (χ1) is 8.20.